The summed E-state index contributed by atoms with van der Waals surface area (Å²) in [6.45, 7) is 4.60. The molecule has 1 aromatic carbocycles. The topological polar surface area (TPSA) is 61.4 Å². The summed E-state index contributed by atoms with van der Waals surface area (Å²) in [6, 6.07) is 8.01. The lowest BCUT2D eigenvalue weighted by molar-refractivity contribution is -0.123. The zero-order valence-electron chi connectivity index (χ0n) is 11.5. The highest BCUT2D eigenvalue weighted by Crippen LogP contribution is 2.15. The summed E-state index contributed by atoms with van der Waals surface area (Å²) in [5.41, 5.74) is 2.40. The lowest BCUT2D eigenvalue weighted by atomic mass is 10.0. The number of hydrogen-bond donors (Lipinski definition) is 3. The Hall–Kier alpha value is -1.39. The minimum Gasteiger partial charge on any atom is -0.392 e. The number of carbonyl (C=O) groups is 1. The van der Waals surface area contributed by atoms with E-state index in [9.17, 15) is 9.90 Å². The largest absolute Gasteiger partial charge is 0.392 e. The van der Waals surface area contributed by atoms with Crippen LogP contribution in [-0.2, 0) is 11.2 Å². The van der Waals surface area contributed by atoms with Gasteiger partial charge in [-0.2, -0.15) is 0 Å². The van der Waals surface area contributed by atoms with Gasteiger partial charge in [0.15, 0.2) is 0 Å². The number of hydrogen-bond acceptors (Lipinski definition) is 3. The molecule has 1 aliphatic heterocycles. The lowest BCUT2D eigenvalue weighted by Gasteiger charge is -2.17. The molecule has 1 fully saturated rings. The van der Waals surface area contributed by atoms with Gasteiger partial charge in [-0.25, -0.2) is 0 Å². The van der Waals surface area contributed by atoms with Crippen LogP contribution < -0.4 is 10.6 Å². The van der Waals surface area contributed by atoms with Crippen LogP contribution in [0.15, 0.2) is 24.3 Å². The number of amides is 1. The summed E-state index contributed by atoms with van der Waals surface area (Å²) < 4.78 is 0. The molecular formula is C15H22N2O2. The minimum absolute atomic E-state index is 0.0158. The second-order valence-electron chi connectivity index (χ2n) is 5.18. The highest BCUT2D eigenvalue weighted by molar-refractivity contribution is 5.82. The number of aliphatic hydroxyl groups is 1. The predicted octanol–water partition coefficient (Wildman–Crippen LogP) is 1.15. The van der Waals surface area contributed by atoms with Gasteiger partial charge < -0.3 is 15.7 Å². The second kappa shape index (κ2) is 6.17. The first-order chi connectivity index (χ1) is 9.10. The molecule has 0 spiro atoms. The molecule has 0 aliphatic carbocycles. The van der Waals surface area contributed by atoms with Gasteiger partial charge in [0.25, 0.3) is 0 Å². The first-order valence-electron chi connectivity index (χ1n) is 6.90. The van der Waals surface area contributed by atoms with Crippen molar-refractivity contribution in [3.05, 3.63) is 35.4 Å². The van der Waals surface area contributed by atoms with Crippen LogP contribution in [0.5, 0.6) is 0 Å². The van der Waals surface area contributed by atoms with Crippen LogP contribution in [0.4, 0.5) is 0 Å². The van der Waals surface area contributed by atoms with E-state index in [1.807, 2.05) is 6.92 Å². The van der Waals surface area contributed by atoms with E-state index in [1.165, 1.54) is 5.56 Å². The average molecular weight is 262 g/mol. The van der Waals surface area contributed by atoms with Crippen LogP contribution in [0.1, 0.15) is 37.4 Å². The summed E-state index contributed by atoms with van der Waals surface area (Å²) in [5.74, 6) is -0.0383. The molecule has 1 amide bonds. The van der Waals surface area contributed by atoms with Gasteiger partial charge in [0.1, 0.15) is 0 Å². The molecule has 1 aliphatic rings. The van der Waals surface area contributed by atoms with Crippen molar-refractivity contribution >= 4 is 5.91 Å². The molecule has 0 aromatic heterocycles. The smallest absolute Gasteiger partial charge is 0.237 e. The SMILES string of the molecule is CCc1ccc(C(C)NC(=O)C2CC(O)CN2)cc1. The molecule has 104 valence electrons. The molecule has 3 unspecified atom stereocenters. The van der Waals surface area contributed by atoms with E-state index in [0.29, 0.717) is 13.0 Å². The maximum Gasteiger partial charge on any atom is 0.237 e. The average Bonchev–Trinajstić information content (AvgIpc) is 2.85. The molecule has 3 N–H and O–H groups in total. The number of β-amino-alcohol motifs (C(OH)–C–C–N with tert-alkyl or cyclic N) is 1. The quantitative estimate of drug-likeness (QED) is 0.763. The van der Waals surface area contributed by atoms with Crippen molar-refractivity contribution < 1.29 is 9.90 Å². The van der Waals surface area contributed by atoms with E-state index in [-0.39, 0.29) is 18.0 Å². The van der Waals surface area contributed by atoms with Gasteiger partial charge in [-0.1, -0.05) is 31.2 Å². The Morgan fingerprint density at radius 2 is 2.16 bits per heavy atom. The van der Waals surface area contributed by atoms with Crippen molar-refractivity contribution in [3.8, 4) is 0 Å². The first kappa shape index (κ1) is 14.0. The highest BCUT2D eigenvalue weighted by atomic mass is 16.3. The molecule has 1 heterocycles. The van der Waals surface area contributed by atoms with Gasteiger partial charge in [-0.15, -0.1) is 0 Å². The fourth-order valence-corrected chi connectivity index (χ4v) is 2.36. The number of aryl methyl sites for hydroxylation is 1. The van der Waals surface area contributed by atoms with Crippen LogP contribution >= 0.6 is 0 Å². The third kappa shape index (κ3) is 3.55. The number of carbonyl (C=O) groups excluding carboxylic acids is 1. The minimum atomic E-state index is -0.408. The number of aliphatic hydroxyl groups excluding tert-OH is 1. The molecule has 1 aromatic rings. The van der Waals surface area contributed by atoms with Crippen molar-refractivity contribution in [2.75, 3.05) is 6.54 Å². The maximum absolute atomic E-state index is 12.0. The normalized spacial score (nSPS) is 24.2. The Labute approximate surface area is 114 Å². The summed E-state index contributed by atoms with van der Waals surface area (Å²) >= 11 is 0. The van der Waals surface area contributed by atoms with Crippen LogP contribution in [0.2, 0.25) is 0 Å². The van der Waals surface area contributed by atoms with Gasteiger partial charge in [-0.05, 0) is 30.9 Å². The van der Waals surface area contributed by atoms with Gasteiger partial charge in [0.2, 0.25) is 5.91 Å². The van der Waals surface area contributed by atoms with Crippen LogP contribution in [0.25, 0.3) is 0 Å². The Balaban J connectivity index is 1.92. The number of nitrogens with one attached hydrogen (secondary N) is 2. The van der Waals surface area contributed by atoms with E-state index >= 15 is 0 Å². The van der Waals surface area contributed by atoms with E-state index in [0.717, 1.165) is 12.0 Å². The summed E-state index contributed by atoms with van der Waals surface area (Å²) in [5, 5.41) is 15.4. The number of benzene rings is 1. The molecular weight excluding hydrogens is 240 g/mol. The standard InChI is InChI=1S/C15H22N2O2/c1-3-11-4-6-12(7-5-11)10(2)17-15(19)14-8-13(18)9-16-14/h4-7,10,13-14,16,18H,3,8-9H2,1-2H3,(H,17,19). The van der Waals surface area contributed by atoms with Crippen LogP contribution in [0, 0.1) is 0 Å². The molecule has 1 saturated heterocycles. The van der Waals surface area contributed by atoms with Gasteiger partial charge in [0.05, 0.1) is 18.2 Å². The Bertz CT molecular complexity index is 430. The molecule has 2 rings (SSSR count). The van der Waals surface area contributed by atoms with Gasteiger partial charge in [0, 0.05) is 6.54 Å². The summed E-state index contributed by atoms with van der Waals surface area (Å²) in [6.07, 6.45) is 1.10. The van der Waals surface area contributed by atoms with Crippen LogP contribution in [-0.4, -0.2) is 29.7 Å². The van der Waals surface area contributed by atoms with E-state index in [1.54, 1.807) is 0 Å². The van der Waals surface area contributed by atoms with Crippen molar-refractivity contribution in [1.29, 1.82) is 0 Å². The molecule has 0 bridgehead atoms. The summed E-state index contributed by atoms with van der Waals surface area (Å²) in [4.78, 5) is 12.0. The van der Waals surface area contributed by atoms with Crippen LogP contribution in [0.3, 0.4) is 0 Å². The Kier molecular flexibility index (Phi) is 4.56. The Morgan fingerprint density at radius 3 is 2.68 bits per heavy atom. The molecule has 4 heteroatoms. The molecule has 3 atom stereocenters. The summed E-state index contributed by atoms with van der Waals surface area (Å²) in [7, 11) is 0. The second-order valence-corrected chi connectivity index (χ2v) is 5.18. The van der Waals surface area contributed by atoms with Crippen molar-refractivity contribution in [2.24, 2.45) is 0 Å². The predicted molar refractivity (Wildman–Crippen MR) is 74.8 cm³/mol. The first-order valence-corrected chi connectivity index (χ1v) is 6.90. The molecule has 19 heavy (non-hydrogen) atoms. The lowest BCUT2D eigenvalue weighted by Crippen LogP contribution is -2.41. The van der Waals surface area contributed by atoms with E-state index in [4.69, 9.17) is 0 Å². The van der Waals surface area contributed by atoms with Gasteiger partial charge >= 0.3 is 0 Å². The monoisotopic (exact) mass is 262 g/mol. The molecule has 4 nitrogen and oxygen atoms in total. The highest BCUT2D eigenvalue weighted by Gasteiger charge is 2.28. The fraction of sp³-hybridized carbons (Fsp3) is 0.533. The third-order valence-corrected chi connectivity index (χ3v) is 3.67. The molecule has 0 radical (unpaired) electrons. The van der Waals surface area contributed by atoms with Crippen molar-refractivity contribution in [3.63, 3.8) is 0 Å². The third-order valence-electron chi connectivity index (χ3n) is 3.67. The fourth-order valence-electron chi connectivity index (χ4n) is 2.36. The van der Waals surface area contributed by atoms with E-state index < -0.39 is 6.10 Å². The zero-order chi connectivity index (χ0) is 13.8. The van der Waals surface area contributed by atoms with Crippen molar-refractivity contribution in [1.82, 2.24) is 10.6 Å². The van der Waals surface area contributed by atoms with Gasteiger partial charge in [-0.3, -0.25) is 4.79 Å². The van der Waals surface area contributed by atoms with E-state index in [2.05, 4.69) is 41.8 Å². The zero-order valence-corrected chi connectivity index (χ0v) is 11.5. The van der Waals surface area contributed by atoms with Crippen molar-refractivity contribution in [2.45, 2.75) is 44.9 Å². The molecule has 0 saturated carbocycles. The maximum atomic E-state index is 12.0. The number of rotatable bonds is 4. The Morgan fingerprint density at radius 1 is 1.47 bits per heavy atom.